The number of aliphatic hydroxyl groups is 2. The number of oxime groups is 2. The van der Waals surface area contributed by atoms with E-state index in [1.165, 1.54) is 0 Å². The summed E-state index contributed by atoms with van der Waals surface area (Å²) in [7, 11) is 0. The molecule has 8 heteroatoms. The average molecular weight is 461 g/mol. The van der Waals surface area contributed by atoms with Gasteiger partial charge in [-0.1, -0.05) is 49.7 Å². The maximum Gasteiger partial charge on any atom is 0.306 e. The van der Waals surface area contributed by atoms with Crippen LogP contribution in [0.1, 0.15) is 59.8 Å². The number of aliphatic hydroxyl groups excluding tert-OH is 2. The Morgan fingerprint density at radius 3 is 2.64 bits per heavy atom. The van der Waals surface area contributed by atoms with Gasteiger partial charge >= 0.3 is 5.97 Å². The third kappa shape index (κ3) is 3.21. The number of allylic oxidation sites excluding steroid dienone is 4. The van der Waals surface area contributed by atoms with Crippen molar-refractivity contribution < 1.29 is 30.2 Å². The topological polar surface area (TPSA) is 132 Å². The molecule has 8 atom stereocenters. The zero-order chi connectivity index (χ0) is 24.2. The van der Waals surface area contributed by atoms with Crippen LogP contribution in [0, 0.1) is 34.5 Å². The largest absolute Gasteiger partial charge is 0.452 e. The average Bonchev–Trinajstić information content (AvgIpc) is 3.06. The van der Waals surface area contributed by atoms with Crippen molar-refractivity contribution in [3.8, 4) is 0 Å². The van der Waals surface area contributed by atoms with Gasteiger partial charge in [-0.05, 0) is 55.6 Å². The molecule has 3 fully saturated rings. The van der Waals surface area contributed by atoms with Crippen LogP contribution < -0.4 is 0 Å². The molecule has 0 radical (unpaired) electrons. The van der Waals surface area contributed by atoms with E-state index in [-0.39, 0.29) is 41.2 Å². The number of fused-ring (bicyclic) bond motifs is 5. The first kappa shape index (κ1) is 24.0. The Bertz CT molecular complexity index is 941. The second kappa shape index (κ2) is 8.24. The minimum absolute atomic E-state index is 0.0455. The van der Waals surface area contributed by atoms with Crippen molar-refractivity contribution in [1.82, 2.24) is 0 Å². The summed E-state index contributed by atoms with van der Waals surface area (Å²) in [5.74, 6) is 0.0126. The number of rotatable bonds is 4. The summed E-state index contributed by atoms with van der Waals surface area (Å²) in [5.41, 5.74) is -0.585. The van der Waals surface area contributed by atoms with Crippen molar-refractivity contribution in [3.63, 3.8) is 0 Å². The van der Waals surface area contributed by atoms with E-state index in [4.69, 9.17) is 4.74 Å². The van der Waals surface area contributed by atoms with E-state index < -0.39 is 29.7 Å². The Balaban J connectivity index is 1.80. The van der Waals surface area contributed by atoms with E-state index in [1.54, 1.807) is 6.92 Å². The van der Waals surface area contributed by atoms with Crippen LogP contribution in [0.15, 0.2) is 34.1 Å². The molecule has 0 bridgehead atoms. The Kier molecular flexibility index (Phi) is 5.98. The van der Waals surface area contributed by atoms with Gasteiger partial charge in [0.25, 0.3) is 0 Å². The van der Waals surface area contributed by atoms with Crippen LogP contribution >= 0.6 is 0 Å². The standard InChI is InChI=1S/C25H36N2O6/c1-5-21(30)33-25(20(13-28)27-32)9-7-17-16-10-14(2)18-11-15(26-31)6-8-23(18,3)22(16)19(29)12-24(17,25)4/h6,8,11,14,16-17,19,22,28-29,31-32H,5,7,9-10,12-13H2,1-4H3/b26-15+,27-20+/t14-,16-,17-,19-,22+,23-,24-,25-/m0/s1. The van der Waals surface area contributed by atoms with Gasteiger partial charge in [0.1, 0.15) is 11.4 Å². The van der Waals surface area contributed by atoms with E-state index in [9.17, 15) is 25.4 Å². The number of esters is 1. The van der Waals surface area contributed by atoms with Crippen LogP contribution in [0.3, 0.4) is 0 Å². The highest BCUT2D eigenvalue weighted by atomic mass is 16.6. The molecule has 8 nitrogen and oxygen atoms in total. The Hall–Kier alpha value is -2.19. The van der Waals surface area contributed by atoms with Crippen LogP contribution in [0.25, 0.3) is 0 Å². The number of hydrogen-bond donors (Lipinski definition) is 4. The predicted molar refractivity (Wildman–Crippen MR) is 122 cm³/mol. The van der Waals surface area contributed by atoms with Crippen molar-refractivity contribution >= 4 is 17.4 Å². The number of hydrogen-bond acceptors (Lipinski definition) is 8. The second-order valence-corrected chi connectivity index (χ2v) is 10.8. The molecule has 4 rings (SSSR count). The molecule has 0 spiro atoms. The number of carbonyl (C=O) groups is 1. The fraction of sp³-hybridized carbons (Fsp3) is 0.720. The summed E-state index contributed by atoms with van der Waals surface area (Å²) >= 11 is 0. The number of nitrogens with zero attached hydrogens (tertiary/aromatic N) is 2. The van der Waals surface area contributed by atoms with Crippen molar-refractivity contribution in [2.45, 2.75) is 71.5 Å². The highest BCUT2D eigenvalue weighted by molar-refractivity contribution is 6.05. The van der Waals surface area contributed by atoms with E-state index >= 15 is 0 Å². The number of carbonyl (C=O) groups excluding carboxylic acids is 1. The van der Waals surface area contributed by atoms with Gasteiger partial charge in [0.2, 0.25) is 0 Å². The summed E-state index contributed by atoms with van der Waals surface area (Å²) in [6, 6.07) is 0. The molecule has 182 valence electrons. The van der Waals surface area contributed by atoms with Gasteiger partial charge in [0.05, 0.1) is 12.7 Å². The molecule has 4 aliphatic carbocycles. The van der Waals surface area contributed by atoms with Crippen molar-refractivity contribution in [3.05, 3.63) is 23.8 Å². The Morgan fingerprint density at radius 1 is 1.30 bits per heavy atom. The molecule has 0 aromatic heterocycles. The molecule has 0 aromatic rings. The first-order valence-corrected chi connectivity index (χ1v) is 12.0. The fourth-order valence-electron chi connectivity index (χ4n) is 8.02. The summed E-state index contributed by atoms with van der Waals surface area (Å²) < 4.78 is 6.01. The first-order valence-electron chi connectivity index (χ1n) is 12.0. The second-order valence-electron chi connectivity index (χ2n) is 10.8. The van der Waals surface area contributed by atoms with Gasteiger partial charge in [0.15, 0.2) is 5.60 Å². The predicted octanol–water partition coefficient (Wildman–Crippen LogP) is 3.29. The minimum atomic E-state index is -1.25. The van der Waals surface area contributed by atoms with Gasteiger partial charge in [-0.2, -0.15) is 0 Å². The van der Waals surface area contributed by atoms with Crippen molar-refractivity contribution in [2.24, 2.45) is 44.8 Å². The zero-order valence-corrected chi connectivity index (χ0v) is 19.9. The lowest BCUT2D eigenvalue weighted by molar-refractivity contribution is -0.181. The third-order valence-electron chi connectivity index (χ3n) is 9.38. The molecule has 0 amide bonds. The first-order chi connectivity index (χ1) is 15.6. The summed E-state index contributed by atoms with van der Waals surface area (Å²) in [5, 5.41) is 47.5. The summed E-state index contributed by atoms with van der Waals surface area (Å²) in [6.45, 7) is 7.52. The smallest absolute Gasteiger partial charge is 0.306 e. The third-order valence-corrected chi connectivity index (χ3v) is 9.38. The molecule has 0 unspecified atom stereocenters. The fourth-order valence-corrected chi connectivity index (χ4v) is 8.02. The van der Waals surface area contributed by atoms with Gasteiger partial charge < -0.3 is 25.4 Å². The summed E-state index contributed by atoms with van der Waals surface area (Å²) in [6.07, 6.45) is 7.68. The molecule has 0 saturated heterocycles. The van der Waals surface area contributed by atoms with Crippen LogP contribution in [0.5, 0.6) is 0 Å². The van der Waals surface area contributed by atoms with Gasteiger partial charge in [-0.15, -0.1) is 0 Å². The maximum absolute atomic E-state index is 12.5. The maximum atomic E-state index is 12.5. The molecular formula is C25H36N2O6. The quantitative estimate of drug-likeness (QED) is 0.220. The molecular weight excluding hydrogens is 424 g/mol. The zero-order valence-electron chi connectivity index (χ0n) is 19.9. The lowest BCUT2D eigenvalue weighted by Crippen LogP contribution is -2.63. The molecule has 33 heavy (non-hydrogen) atoms. The molecule has 0 heterocycles. The molecule has 0 aromatic carbocycles. The molecule has 0 aliphatic heterocycles. The van der Waals surface area contributed by atoms with Crippen LogP contribution in [-0.2, 0) is 9.53 Å². The van der Waals surface area contributed by atoms with E-state index in [2.05, 4.69) is 30.2 Å². The van der Waals surface area contributed by atoms with E-state index in [0.717, 1.165) is 18.4 Å². The van der Waals surface area contributed by atoms with Gasteiger partial charge in [-0.3, -0.25) is 4.79 Å². The van der Waals surface area contributed by atoms with E-state index in [1.807, 2.05) is 19.1 Å². The van der Waals surface area contributed by atoms with Crippen molar-refractivity contribution in [2.75, 3.05) is 6.61 Å². The molecule has 3 saturated carbocycles. The molecule has 4 aliphatic rings. The SMILES string of the molecule is CCC(=O)O[C@]1(/C(CO)=N/O)CC[C@H]2[C@@H]3C[C@H](C)C4=C/C(=N/O)C=C[C@]4(C)[C@H]3[C@@H](O)C[C@@]21C. The highest BCUT2D eigenvalue weighted by Gasteiger charge is 2.70. The Morgan fingerprint density at radius 2 is 2.03 bits per heavy atom. The van der Waals surface area contributed by atoms with E-state index in [0.29, 0.717) is 18.6 Å². The normalized spacial score (nSPS) is 45.8. The summed E-state index contributed by atoms with van der Waals surface area (Å²) in [4.78, 5) is 12.5. The molecule has 4 N–H and O–H groups in total. The lowest BCUT2D eigenvalue weighted by atomic mass is 9.44. The highest BCUT2D eigenvalue weighted by Crippen LogP contribution is 2.68. The van der Waals surface area contributed by atoms with Crippen LogP contribution in [0.2, 0.25) is 0 Å². The van der Waals surface area contributed by atoms with Crippen LogP contribution in [-0.4, -0.2) is 56.3 Å². The minimum Gasteiger partial charge on any atom is -0.452 e. The van der Waals surface area contributed by atoms with Crippen molar-refractivity contribution in [1.29, 1.82) is 0 Å². The van der Waals surface area contributed by atoms with Gasteiger partial charge in [-0.25, -0.2) is 0 Å². The van der Waals surface area contributed by atoms with Gasteiger partial charge in [0, 0.05) is 23.2 Å². The monoisotopic (exact) mass is 460 g/mol. The van der Waals surface area contributed by atoms with Crippen LogP contribution in [0.4, 0.5) is 0 Å². The number of ether oxygens (including phenoxy) is 1. The Labute approximate surface area is 194 Å². The lowest BCUT2D eigenvalue weighted by Gasteiger charge is -2.61.